The van der Waals surface area contributed by atoms with Crippen LogP contribution in [0.1, 0.15) is 29.7 Å². The number of hydrogen-bond donors (Lipinski definition) is 1. The van der Waals surface area contributed by atoms with E-state index in [1.807, 2.05) is 0 Å². The van der Waals surface area contributed by atoms with E-state index in [9.17, 15) is 13.9 Å². The van der Waals surface area contributed by atoms with Crippen LogP contribution in [0.3, 0.4) is 0 Å². The Morgan fingerprint density at radius 1 is 1.43 bits per heavy atom. The number of methoxy groups -OCH3 is 1. The summed E-state index contributed by atoms with van der Waals surface area (Å²) in [5, 5.41) is 13.7. The number of halogens is 2. The first kappa shape index (κ1) is 16.0. The molecule has 0 amide bonds. The predicted molar refractivity (Wildman–Crippen MR) is 75.1 cm³/mol. The molecule has 3 rings (SSSR count). The number of aliphatic hydroxyl groups excluding tert-OH is 1. The van der Waals surface area contributed by atoms with E-state index in [0.717, 1.165) is 18.2 Å². The number of benzene rings is 1. The van der Waals surface area contributed by atoms with Gasteiger partial charge in [-0.25, -0.2) is 8.78 Å². The third kappa shape index (κ3) is 3.54. The van der Waals surface area contributed by atoms with Crippen LogP contribution in [0.4, 0.5) is 8.78 Å². The van der Waals surface area contributed by atoms with Gasteiger partial charge in [0.15, 0.2) is 5.82 Å². The van der Waals surface area contributed by atoms with Crippen molar-refractivity contribution in [2.45, 2.75) is 31.7 Å². The highest BCUT2D eigenvalue weighted by atomic mass is 19.1. The van der Waals surface area contributed by atoms with Crippen molar-refractivity contribution < 1.29 is 23.1 Å². The van der Waals surface area contributed by atoms with Crippen LogP contribution in [-0.4, -0.2) is 39.9 Å². The second-order valence-corrected chi connectivity index (χ2v) is 5.54. The van der Waals surface area contributed by atoms with Crippen LogP contribution in [0.5, 0.6) is 0 Å². The Bertz CT molecular complexity index is 680. The van der Waals surface area contributed by atoms with Crippen LogP contribution in [0.15, 0.2) is 22.7 Å². The van der Waals surface area contributed by atoms with Gasteiger partial charge in [0.25, 0.3) is 0 Å². The van der Waals surface area contributed by atoms with E-state index >= 15 is 0 Å². The molecule has 1 aliphatic heterocycles. The van der Waals surface area contributed by atoms with E-state index in [0.29, 0.717) is 24.7 Å². The van der Waals surface area contributed by atoms with Gasteiger partial charge in [-0.1, -0.05) is 5.16 Å². The predicted octanol–water partition coefficient (Wildman–Crippen LogP) is 1.80. The molecule has 2 heterocycles. The minimum Gasteiger partial charge on any atom is -0.392 e. The molecule has 1 saturated heterocycles. The van der Waals surface area contributed by atoms with Crippen molar-refractivity contribution in [1.82, 2.24) is 15.0 Å². The number of nitrogens with zero attached hydrogens (tertiary/aromatic N) is 3. The van der Waals surface area contributed by atoms with Gasteiger partial charge in [-0.05, 0) is 24.6 Å². The molecule has 0 aliphatic carbocycles. The summed E-state index contributed by atoms with van der Waals surface area (Å²) in [6.07, 6.45) is -0.302. The quantitative estimate of drug-likeness (QED) is 0.904. The average Bonchev–Trinajstić information content (AvgIpc) is 3.09. The third-order valence-corrected chi connectivity index (χ3v) is 3.82. The summed E-state index contributed by atoms with van der Waals surface area (Å²) in [5.74, 6) is -0.257. The summed E-state index contributed by atoms with van der Waals surface area (Å²) in [5.41, 5.74) is 0.221. The molecule has 6 nitrogen and oxygen atoms in total. The van der Waals surface area contributed by atoms with Crippen molar-refractivity contribution in [3.05, 3.63) is 47.1 Å². The molecule has 1 N–H and O–H groups in total. The number of rotatable bonds is 5. The minimum absolute atomic E-state index is 0.221. The van der Waals surface area contributed by atoms with Gasteiger partial charge in [0.05, 0.1) is 12.6 Å². The van der Waals surface area contributed by atoms with Crippen molar-refractivity contribution in [2.24, 2.45) is 0 Å². The van der Waals surface area contributed by atoms with E-state index in [1.165, 1.54) is 7.11 Å². The molecule has 1 aromatic heterocycles. The molecule has 2 atom stereocenters. The molecule has 0 spiro atoms. The molecule has 0 bridgehead atoms. The van der Waals surface area contributed by atoms with E-state index in [4.69, 9.17) is 9.26 Å². The molecule has 1 aromatic carbocycles. The molecule has 1 aliphatic rings. The highest BCUT2D eigenvalue weighted by Crippen LogP contribution is 2.34. The SMILES string of the molecule is COCc1noc(CN2C[C@H](O)C[C@@H]2c2cc(F)ccc2F)n1. The van der Waals surface area contributed by atoms with Gasteiger partial charge in [0.1, 0.15) is 18.2 Å². The van der Waals surface area contributed by atoms with Gasteiger partial charge >= 0.3 is 0 Å². The molecular formula is C15H17F2N3O3. The van der Waals surface area contributed by atoms with Crippen LogP contribution < -0.4 is 0 Å². The fourth-order valence-corrected chi connectivity index (χ4v) is 2.86. The number of aromatic nitrogens is 2. The second-order valence-electron chi connectivity index (χ2n) is 5.54. The fourth-order valence-electron chi connectivity index (χ4n) is 2.86. The molecular weight excluding hydrogens is 308 g/mol. The van der Waals surface area contributed by atoms with Gasteiger partial charge in [-0.3, -0.25) is 4.90 Å². The lowest BCUT2D eigenvalue weighted by Gasteiger charge is -2.23. The Morgan fingerprint density at radius 2 is 2.26 bits per heavy atom. The lowest BCUT2D eigenvalue weighted by atomic mass is 10.0. The molecule has 0 saturated carbocycles. The van der Waals surface area contributed by atoms with E-state index in [1.54, 1.807) is 4.90 Å². The number of likely N-dealkylation sites (tertiary alicyclic amines) is 1. The molecule has 124 valence electrons. The zero-order valence-corrected chi connectivity index (χ0v) is 12.6. The number of aliphatic hydroxyl groups is 1. The maximum atomic E-state index is 14.0. The third-order valence-electron chi connectivity index (χ3n) is 3.82. The number of hydrogen-bond acceptors (Lipinski definition) is 6. The van der Waals surface area contributed by atoms with Gasteiger partial charge in [0.2, 0.25) is 5.89 Å². The molecule has 8 heteroatoms. The Hall–Kier alpha value is -1.90. The van der Waals surface area contributed by atoms with Crippen LogP contribution in [0.2, 0.25) is 0 Å². The van der Waals surface area contributed by atoms with Crippen LogP contribution >= 0.6 is 0 Å². The van der Waals surface area contributed by atoms with E-state index in [2.05, 4.69) is 10.1 Å². The van der Waals surface area contributed by atoms with Crippen LogP contribution in [-0.2, 0) is 17.9 Å². The maximum absolute atomic E-state index is 14.0. The fraction of sp³-hybridized carbons (Fsp3) is 0.467. The van der Waals surface area contributed by atoms with Gasteiger partial charge in [0, 0.05) is 25.3 Å². The number of ether oxygens (including phenoxy) is 1. The normalized spacial score (nSPS) is 21.9. The highest BCUT2D eigenvalue weighted by Gasteiger charge is 2.34. The monoisotopic (exact) mass is 325 g/mol. The lowest BCUT2D eigenvalue weighted by Crippen LogP contribution is -2.25. The van der Waals surface area contributed by atoms with Crippen molar-refractivity contribution in [1.29, 1.82) is 0 Å². The zero-order chi connectivity index (χ0) is 16.4. The summed E-state index contributed by atoms with van der Waals surface area (Å²) >= 11 is 0. The van der Waals surface area contributed by atoms with E-state index < -0.39 is 23.8 Å². The summed E-state index contributed by atoms with van der Waals surface area (Å²) in [7, 11) is 1.52. The first-order valence-corrected chi connectivity index (χ1v) is 7.24. The average molecular weight is 325 g/mol. The molecule has 0 unspecified atom stereocenters. The standard InChI is InChI=1S/C15H17F2N3O3/c1-22-8-14-18-15(23-19-14)7-20-6-10(21)5-13(20)11-4-9(16)2-3-12(11)17/h2-4,10,13,21H,5-8H2,1H3/t10-,13-/m1/s1. The summed E-state index contributed by atoms with van der Waals surface area (Å²) < 4.78 is 37.5. The topological polar surface area (TPSA) is 71.6 Å². The molecule has 2 aromatic rings. The van der Waals surface area contributed by atoms with Crippen molar-refractivity contribution in [2.75, 3.05) is 13.7 Å². The summed E-state index contributed by atoms with van der Waals surface area (Å²) in [4.78, 5) is 5.96. The molecule has 1 fully saturated rings. The molecule has 0 radical (unpaired) electrons. The first-order valence-electron chi connectivity index (χ1n) is 7.24. The maximum Gasteiger partial charge on any atom is 0.240 e. The van der Waals surface area contributed by atoms with Crippen LogP contribution in [0, 0.1) is 11.6 Å². The van der Waals surface area contributed by atoms with Gasteiger partial charge in [-0.2, -0.15) is 4.98 Å². The van der Waals surface area contributed by atoms with E-state index in [-0.39, 0.29) is 18.7 Å². The Kier molecular flexibility index (Phi) is 4.65. The van der Waals surface area contributed by atoms with Crippen molar-refractivity contribution in [3.8, 4) is 0 Å². The Morgan fingerprint density at radius 3 is 3.04 bits per heavy atom. The summed E-state index contributed by atoms with van der Waals surface area (Å²) in [6.45, 7) is 0.797. The van der Waals surface area contributed by atoms with Gasteiger partial charge in [-0.15, -0.1) is 0 Å². The van der Waals surface area contributed by atoms with Crippen molar-refractivity contribution >= 4 is 0 Å². The summed E-state index contributed by atoms with van der Waals surface area (Å²) in [6, 6.07) is 2.88. The molecule has 23 heavy (non-hydrogen) atoms. The second kappa shape index (κ2) is 6.69. The highest BCUT2D eigenvalue weighted by molar-refractivity contribution is 5.24. The van der Waals surface area contributed by atoms with Crippen LogP contribution in [0.25, 0.3) is 0 Å². The number of β-amino-alcohol motifs (C(OH)–C–C–N with tert-alkyl or cyclic N) is 1. The zero-order valence-electron chi connectivity index (χ0n) is 12.6. The minimum atomic E-state index is -0.621. The van der Waals surface area contributed by atoms with Gasteiger partial charge < -0.3 is 14.4 Å². The van der Waals surface area contributed by atoms with Crippen molar-refractivity contribution in [3.63, 3.8) is 0 Å². The smallest absolute Gasteiger partial charge is 0.240 e. The Labute approximate surface area is 131 Å². The largest absolute Gasteiger partial charge is 0.392 e. The first-order chi connectivity index (χ1) is 11.1. The Balaban J connectivity index is 1.80. The lowest BCUT2D eigenvalue weighted by molar-refractivity contribution is 0.163.